The van der Waals surface area contributed by atoms with Crippen LogP contribution in [-0.2, 0) is 9.84 Å². The standard InChI is InChI=1S/C11H22N2O2S/c1-10-2-5-13(8-10)6-4-12-11-3-7-16(14,15)9-11/h10-12H,2-9H2,1H3. The molecule has 2 aliphatic heterocycles. The van der Waals surface area contributed by atoms with Gasteiger partial charge in [0.05, 0.1) is 11.5 Å². The van der Waals surface area contributed by atoms with Crippen LogP contribution in [0.1, 0.15) is 19.8 Å². The van der Waals surface area contributed by atoms with Crippen molar-refractivity contribution < 1.29 is 8.42 Å². The molecule has 0 bridgehead atoms. The lowest BCUT2D eigenvalue weighted by Gasteiger charge is -2.17. The Hall–Kier alpha value is -0.130. The van der Waals surface area contributed by atoms with Gasteiger partial charge in [0.1, 0.15) is 0 Å². The van der Waals surface area contributed by atoms with E-state index >= 15 is 0 Å². The number of nitrogens with zero attached hydrogens (tertiary/aromatic N) is 1. The summed E-state index contributed by atoms with van der Waals surface area (Å²) >= 11 is 0. The van der Waals surface area contributed by atoms with Gasteiger partial charge in [0.15, 0.2) is 9.84 Å². The monoisotopic (exact) mass is 246 g/mol. The van der Waals surface area contributed by atoms with Crippen molar-refractivity contribution in [2.75, 3.05) is 37.7 Å². The molecule has 5 heteroatoms. The van der Waals surface area contributed by atoms with Gasteiger partial charge >= 0.3 is 0 Å². The van der Waals surface area contributed by atoms with E-state index < -0.39 is 9.84 Å². The summed E-state index contributed by atoms with van der Waals surface area (Å²) in [5.74, 6) is 1.53. The Morgan fingerprint density at radius 1 is 1.38 bits per heavy atom. The van der Waals surface area contributed by atoms with Gasteiger partial charge in [0.2, 0.25) is 0 Å². The molecule has 0 radical (unpaired) electrons. The molecule has 94 valence electrons. The molecule has 2 fully saturated rings. The van der Waals surface area contributed by atoms with Crippen molar-refractivity contribution in [2.24, 2.45) is 5.92 Å². The maximum absolute atomic E-state index is 11.3. The van der Waals surface area contributed by atoms with Gasteiger partial charge in [-0.25, -0.2) is 8.42 Å². The summed E-state index contributed by atoms with van der Waals surface area (Å²) in [5.41, 5.74) is 0. The van der Waals surface area contributed by atoms with Crippen LogP contribution in [0, 0.1) is 5.92 Å². The summed E-state index contributed by atoms with van der Waals surface area (Å²) < 4.78 is 22.5. The fraction of sp³-hybridized carbons (Fsp3) is 1.00. The van der Waals surface area contributed by atoms with Crippen LogP contribution in [0.2, 0.25) is 0 Å². The summed E-state index contributed by atoms with van der Waals surface area (Å²) in [6.07, 6.45) is 2.09. The first kappa shape index (κ1) is 12.3. The molecule has 0 aliphatic carbocycles. The van der Waals surface area contributed by atoms with E-state index in [-0.39, 0.29) is 6.04 Å². The zero-order chi connectivity index (χ0) is 11.6. The van der Waals surface area contributed by atoms with Crippen LogP contribution in [0.4, 0.5) is 0 Å². The molecule has 2 aliphatic rings. The Bertz CT molecular complexity index is 329. The molecule has 0 aromatic rings. The van der Waals surface area contributed by atoms with Crippen LogP contribution < -0.4 is 5.32 Å². The van der Waals surface area contributed by atoms with Crippen molar-refractivity contribution in [3.05, 3.63) is 0 Å². The van der Waals surface area contributed by atoms with Crippen molar-refractivity contribution in [3.8, 4) is 0 Å². The molecule has 1 N–H and O–H groups in total. The molecule has 2 atom stereocenters. The van der Waals surface area contributed by atoms with E-state index in [1.54, 1.807) is 0 Å². The predicted molar refractivity (Wildman–Crippen MR) is 65.3 cm³/mol. The van der Waals surface area contributed by atoms with Gasteiger partial charge in [-0.2, -0.15) is 0 Å². The smallest absolute Gasteiger partial charge is 0.151 e. The average molecular weight is 246 g/mol. The van der Waals surface area contributed by atoms with E-state index in [1.807, 2.05) is 0 Å². The average Bonchev–Trinajstić information content (AvgIpc) is 2.73. The molecule has 2 heterocycles. The second kappa shape index (κ2) is 5.02. The van der Waals surface area contributed by atoms with Crippen molar-refractivity contribution in [3.63, 3.8) is 0 Å². The lowest BCUT2D eigenvalue weighted by atomic mass is 10.2. The number of hydrogen-bond donors (Lipinski definition) is 1. The molecule has 2 unspecified atom stereocenters. The molecule has 4 nitrogen and oxygen atoms in total. The Balaban J connectivity index is 1.62. The van der Waals surface area contributed by atoms with Crippen molar-refractivity contribution >= 4 is 9.84 Å². The lowest BCUT2D eigenvalue weighted by Crippen LogP contribution is -2.37. The molecule has 0 spiro atoms. The largest absolute Gasteiger partial charge is 0.312 e. The highest BCUT2D eigenvalue weighted by Crippen LogP contribution is 2.14. The zero-order valence-electron chi connectivity index (χ0n) is 9.98. The predicted octanol–water partition coefficient (Wildman–Crippen LogP) is 0.105. The summed E-state index contributed by atoms with van der Waals surface area (Å²) in [6, 6.07) is 0.199. The second-order valence-electron chi connectivity index (χ2n) is 5.25. The first-order chi connectivity index (χ1) is 7.55. The molecular weight excluding hydrogens is 224 g/mol. The van der Waals surface area contributed by atoms with Gasteiger partial charge < -0.3 is 10.2 Å². The maximum Gasteiger partial charge on any atom is 0.151 e. The first-order valence-corrected chi connectivity index (χ1v) is 8.03. The minimum absolute atomic E-state index is 0.199. The topological polar surface area (TPSA) is 49.4 Å². The molecule has 0 saturated carbocycles. The van der Waals surface area contributed by atoms with Crippen LogP contribution in [0.3, 0.4) is 0 Å². The minimum Gasteiger partial charge on any atom is -0.312 e. The molecule has 0 aromatic carbocycles. The van der Waals surface area contributed by atoms with E-state index in [0.717, 1.165) is 25.4 Å². The van der Waals surface area contributed by atoms with Gasteiger partial charge in [0, 0.05) is 25.7 Å². The zero-order valence-corrected chi connectivity index (χ0v) is 10.8. The molecule has 16 heavy (non-hydrogen) atoms. The molecule has 2 rings (SSSR count). The summed E-state index contributed by atoms with van der Waals surface area (Å²) in [4.78, 5) is 2.46. The van der Waals surface area contributed by atoms with Crippen LogP contribution in [0.5, 0.6) is 0 Å². The van der Waals surface area contributed by atoms with Gasteiger partial charge in [-0.3, -0.25) is 0 Å². The Labute approximate surface area is 98.3 Å². The van der Waals surface area contributed by atoms with Crippen molar-refractivity contribution in [2.45, 2.75) is 25.8 Å². The SMILES string of the molecule is CC1CCN(CCNC2CCS(=O)(=O)C2)C1. The molecule has 0 aromatic heterocycles. The third kappa shape index (κ3) is 3.43. The van der Waals surface area contributed by atoms with Crippen molar-refractivity contribution in [1.82, 2.24) is 10.2 Å². The van der Waals surface area contributed by atoms with Gasteiger partial charge in [-0.1, -0.05) is 6.92 Å². The van der Waals surface area contributed by atoms with E-state index in [4.69, 9.17) is 0 Å². The Morgan fingerprint density at radius 2 is 2.19 bits per heavy atom. The number of rotatable bonds is 4. The van der Waals surface area contributed by atoms with Crippen molar-refractivity contribution in [1.29, 1.82) is 0 Å². The highest BCUT2D eigenvalue weighted by molar-refractivity contribution is 7.91. The van der Waals surface area contributed by atoms with Crippen LogP contribution in [0.25, 0.3) is 0 Å². The molecule has 2 saturated heterocycles. The maximum atomic E-state index is 11.3. The number of likely N-dealkylation sites (tertiary alicyclic amines) is 1. The van der Waals surface area contributed by atoms with E-state index in [1.165, 1.54) is 19.5 Å². The lowest BCUT2D eigenvalue weighted by molar-refractivity contribution is 0.320. The van der Waals surface area contributed by atoms with Crippen LogP contribution >= 0.6 is 0 Å². The van der Waals surface area contributed by atoms with E-state index in [9.17, 15) is 8.42 Å². The van der Waals surface area contributed by atoms with Gasteiger partial charge in [0.25, 0.3) is 0 Å². The number of sulfone groups is 1. The second-order valence-corrected chi connectivity index (χ2v) is 7.48. The Morgan fingerprint density at radius 3 is 2.75 bits per heavy atom. The summed E-state index contributed by atoms with van der Waals surface area (Å²) in [5, 5.41) is 3.36. The Kier molecular flexibility index (Phi) is 3.87. The highest BCUT2D eigenvalue weighted by Gasteiger charge is 2.27. The highest BCUT2D eigenvalue weighted by atomic mass is 32.2. The quantitative estimate of drug-likeness (QED) is 0.764. The van der Waals surface area contributed by atoms with Crippen LogP contribution in [-0.4, -0.2) is 57.0 Å². The fourth-order valence-electron chi connectivity index (χ4n) is 2.61. The van der Waals surface area contributed by atoms with E-state index in [2.05, 4.69) is 17.1 Å². The number of nitrogens with one attached hydrogen (secondary N) is 1. The van der Waals surface area contributed by atoms with Crippen LogP contribution in [0.15, 0.2) is 0 Å². The minimum atomic E-state index is -2.73. The molecular formula is C11H22N2O2S. The summed E-state index contributed by atoms with van der Waals surface area (Å²) in [7, 11) is -2.73. The summed E-state index contributed by atoms with van der Waals surface area (Å²) in [6.45, 7) is 6.67. The van der Waals surface area contributed by atoms with E-state index in [0.29, 0.717) is 11.5 Å². The van der Waals surface area contributed by atoms with Gasteiger partial charge in [-0.15, -0.1) is 0 Å². The first-order valence-electron chi connectivity index (χ1n) is 6.21. The molecule has 0 amide bonds. The third-order valence-electron chi connectivity index (χ3n) is 3.60. The third-order valence-corrected chi connectivity index (χ3v) is 5.37. The fourth-order valence-corrected chi connectivity index (χ4v) is 4.32. The van der Waals surface area contributed by atoms with Gasteiger partial charge in [-0.05, 0) is 25.3 Å². The number of hydrogen-bond acceptors (Lipinski definition) is 4. The normalized spacial score (nSPS) is 34.6.